The van der Waals surface area contributed by atoms with Crippen molar-refractivity contribution in [3.05, 3.63) is 55.4 Å². The zero-order valence-corrected chi connectivity index (χ0v) is 17.3. The van der Waals surface area contributed by atoms with E-state index in [4.69, 9.17) is 15.2 Å². The van der Waals surface area contributed by atoms with E-state index in [-0.39, 0.29) is 41.2 Å². The van der Waals surface area contributed by atoms with Gasteiger partial charge in [-0.25, -0.2) is 4.79 Å². The van der Waals surface area contributed by atoms with Crippen molar-refractivity contribution in [3.8, 4) is 0 Å². The number of hydrogen-bond donors (Lipinski definition) is 1. The Kier molecular flexibility index (Phi) is 5.70. The van der Waals surface area contributed by atoms with Gasteiger partial charge >= 0.3 is 5.97 Å². The van der Waals surface area contributed by atoms with Gasteiger partial charge in [0.1, 0.15) is 17.5 Å². The minimum atomic E-state index is -1.12. The topological polar surface area (TPSA) is 165 Å². The third kappa shape index (κ3) is 4.07. The quantitative estimate of drug-likeness (QED) is 0.417. The fraction of sp³-hybridized carbons (Fsp3) is 0.500. The van der Waals surface area contributed by atoms with Gasteiger partial charge in [-0.2, -0.15) is 0 Å². The summed E-state index contributed by atoms with van der Waals surface area (Å²) >= 11 is 0. The minimum Gasteiger partial charge on any atom is -0.475 e. The lowest BCUT2D eigenvalue weighted by Crippen LogP contribution is -2.49. The van der Waals surface area contributed by atoms with Crippen molar-refractivity contribution >= 4 is 23.1 Å². The van der Waals surface area contributed by atoms with Crippen molar-refractivity contribution in [1.82, 2.24) is 0 Å². The average Bonchev–Trinajstić information content (AvgIpc) is 2.65. The summed E-state index contributed by atoms with van der Waals surface area (Å²) in [5.74, 6) is -3.38. The summed E-state index contributed by atoms with van der Waals surface area (Å²) in [6.07, 6.45) is -0.0725. The number of nitrogens with two attached hydrogens (primary N) is 1. The number of carbonyl (C=O) groups excluding carboxylic acids is 2. The molecule has 0 radical (unpaired) electrons. The molecule has 1 saturated carbocycles. The van der Waals surface area contributed by atoms with Gasteiger partial charge in [-0.1, -0.05) is 13.8 Å². The van der Waals surface area contributed by atoms with Crippen LogP contribution in [0.1, 0.15) is 45.1 Å². The molecule has 1 aromatic rings. The van der Waals surface area contributed by atoms with Crippen LogP contribution in [0.25, 0.3) is 0 Å². The van der Waals surface area contributed by atoms with Gasteiger partial charge in [0.15, 0.2) is 5.88 Å². The standard InChI is InChI=1S/C20H23N3O8/c1-4-30-19(25)17-15(11-6-5-10(22(26)27)7-12(11)23(28)29)16-13(24)8-20(2,3)9-14(16)31-18(17)21/h5-7,14-16H,4,8-9,21H2,1-3H3/t14-,15-,16-/m1/s1. The van der Waals surface area contributed by atoms with Crippen LogP contribution in [0.2, 0.25) is 0 Å². The molecule has 0 saturated heterocycles. The van der Waals surface area contributed by atoms with Gasteiger partial charge in [0.2, 0.25) is 0 Å². The first-order valence-corrected chi connectivity index (χ1v) is 9.75. The zero-order chi connectivity index (χ0) is 23.1. The fourth-order valence-electron chi connectivity index (χ4n) is 4.47. The monoisotopic (exact) mass is 433 g/mol. The van der Waals surface area contributed by atoms with Gasteiger partial charge < -0.3 is 15.2 Å². The van der Waals surface area contributed by atoms with E-state index in [9.17, 15) is 29.8 Å². The van der Waals surface area contributed by atoms with E-state index in [1.807, 2.05) is 13.8 Å². The summed E-state index contributed by atoms with van der Waals surface area (Å²) in [5, 5.41) is 22.9. The molecule has 1 aliphatic heterocycles. The zero-order valence-electron chi connectivity index (χ0n) is 17.3. The fourth-order valence-corrected chi connectivity index (χ4v) is 4.47. The normalized spacial score (nSPS) is 24.7. The number of non-ortho nitro benzene ring substituents is 1. The predicted molar refractivity (Wildman–Crippen MR) is 107 cm³/mol. The first-order valence-electron chi connectivity index (χ1n) is 9.75. The molecule has 0 bridgehead atoms. The molecule has 0 unspecified atom stereocenters. The molecular formula is C20H23N3O8. The maximum atomic E-state index is 13.1. The van der Waals surface area contributed by atoms with Crippen LogP contribution in [0.15, 0.2) is 29.7 Å². The van der Waals surface area contributed by atoms with Crippen molar-refractivity contribution in [2.75, 3.05) is 6.61 Å². The largest absolute Gasteiger partial charge is 0.475 e. The third-order valence-electron chi connectivity index (χ3n) is 5.64. The van der Waals surface area contributed by atoms with Crippen LogP contribution < -0.4 is 5.73 Å². The number of rotatable bonds is 5. The lowest BCUT2D eigenvalue weighted by molar-refractivity contribution is -0.394. The van der Waals surface area contributed by atoms with Crippen molar-refractivity contribution < 1.29 is 28.9 Å². The van der Waals surface area contributed by atoms with Crippen molar-refractivity contribution in [3.63, 3.8) is 0 Å². The summed E-state index contributed by atoms with van der Waals surface area (Å²) in [6, 6.07) is 3.11. The molecule has 0 amide bonds. The van der Waals surface area contributed by atoms with Crippen LogP contribution in [-0.4, -0.2) is 34.3 Å². The van der Waals surface area contributed by atoms with E-state index in [0.717, 1.165) is 12.1 Å². The van der Waals surface area contributed by atoms with Crippen LogP contribution >= 0.6 is 0 Å². The number of fused-ring (bicyclic) bond motifs is 1. The average molecular weight is 433 g/mol. The van der Waals surface area contributed by atoms with Crippen molar-refractivity contribution in [2.45, 2.75) is 45.6 Å². The molecule has 3 atom stereocenters. The van der Waals surface area contributed by atoms with E-state index in [2.05, 4.69) is 0 Å². The lowest BCUT2D eigenvalue weighted by atomic mass is 9.63. The van der Waals surface area contributed by atoms with Crippen LogP contribution in [0.4, 0.5) is 11.4 Å². The summed E-state index contributed by atoms with van der Waals surface area (Å²) in [5.41, 5.74) is 4.40. The Labute approximate surface area is 177 Å². The second kappa shape index (κ2) is 7.97. The molecule has 31 heavy (non-hydrogen) atoms. The summed E-state index contributed by atoms with van der Waals surface area (Å²) in [4.78, 5) is 47.2. The Hall–Kier alpha value is -3.50. The van der Waals surface area contributed by atoms with Gasteiger partial charge in [0.25, 0.3) is 11.4 Å². The molecule has 166 valence electrons. The first kappa shape index (κ1) is 22.2. The smallest absolute Gasteiger partial charge is 0.340 e. The Morgan fingerprint density at radius 2 is 1.97 bits per heavy atom. The number of nitrogens with zero attached hydrogens (tertiary/aromatic N) is 2. The molecule has 3 rings (SSSR count). The summed E-state index contributed by atoms with van der Waals surface area (Å²) in [7, 11) is 0. The number of carbonyl (C=O) groups is 2. The van der Waals surface area contributed by atoms with Crippen LogP contribution in [0, 0.1) is 31.6 Å². The van der Waals surface area contributed by atoms with Crippen molar-refractivity contribution in [2.24, 2.45) is 17.1 Å². The number of nitro benzene ring substituents is 2. The van der Waals surface area contributed by atoms with E-state index in [1.165, 1.54) is 6.07 Å². The van der Waals surface area contributed by atoms with E-state index in [0.29, 0.717) is 6.42 Å². The summed E-state index contributed by atoms with van der Waals surface area (Å²) < 4.78 is 10.8. The Balaban J connectivity index is 2.25. The number of nitro groups is 2. The molecule has 11 heteroatoms. The number of Topliss-reactive ketones (excluding diaryl/α,β-unsaturated/α-hetero) is 1. The highest BCUT2D eigenvalue weighted by molar-refractivity contribution is 5.95. The molecule has 0 spiro atoms. The molecule has 2 N–H and O–H groups in total. The highest BCUT2D eigenvalue weighted by Gasteiger charge is 2.53. The Morgan fingerprint density at radius 3 is 2.55 bits per heavy atom. The molecule has 11 nitrogen and oxygen atoms in total. The second-order valence-electron chi connectivity index (χ2n) is 8.43. The van der Waals surface area contributed by atoms with Crippen LogP contribution in [0.5, 0.6) is 0 Å². The molecule has 1 aromatic carbocycles. The molecule has 2 aliphatic rings. The maximum Gasteiger partial charge on any atom is 0.340 e. The van der Waals surface area contributed by atoms with Gasteiger partial charge in [0.05, 0.1) is 28.4 Å². The molecule has 1 heterocycles. The highest BCUT2D eigenvalue weighted by atomic mass is 16.6. The number of esters is 1. The number of benzene rings is 1. The maximum absolute atomic E-state index is 13.1. The lowest BCUT2D eigenvalue weighted by Gasteiger charge is -2.45. The molecule has 0 aromatic heterocycles. The molecule has 1 fully saturated rings. The number of ether oxygens (including phenoxy) is 2. The SMILES string of the molecule is CCOC(=O)C1=C(N)O[C@@H]2CC(C)(C)CC(=O)[C@H]2[C@H]1c1ccc([N+](=O)[O-])cc1[N+](=O)[O-]. The number of ketones is 1. The van der Waals surface area contributed by atoms with Gasteiger partial charge in [-0.05, 0) is 24.8 Å². The minimum absolute atomic E-state index is 0.0137. The van der Waals surface area contributed by atoms with E-state index < -0.39 is 45.1 Å². The second-order valence-corrected chi connectivity index (χ2v) is 8.43. The third-order valence-corrected chi connectivity index (χ3v) is 5.64. The predicted octanol–water partition coefficient (Wildman–Crippen LogP) is 2.72. The molecule has 1 aliphatic carbocycles. The Morgan fingerprint density at radius 1 is 1.29 bits per heavy atom. The molecular weight excluding hydrogens is 410 g/mol. The van der Waals surface area contributed by atoms with Gasteiger partial charge in [-0.15, -0.1) is 0 Å². The Bertz CT molecular complexity index is 1000. The van der Waals surface area contributed by atoms with E-state index in [1.54, 1.807) is 6.92 Å². The first-order chi connectivity index (χ1) is 14.5. The number of hydrogen-bond acceptors (Lipinski definition) is 9. The van der Waals surface area contributed by atoms with Crippen LogP contribution in [-0.2, 0) is 19.1 Å². The van der Waals surface area contributed by atoms with Gasteiger partial charge in [0, 0.05) is 24.0 Å². The highest BCUT2D eigenvalue weighted by Crippen LogP contribution is 2.51. The van der Waals surface area contributed by atoms with E-state index >= 15 is 0 Å². The van der Waals surface area contributed by atoms with Crippen molar-refractivity contribution in [1.29, 1.82) is 0 Å². The summed E-state index contributed by atoms with van der Waals surface area (Å²) in [6.45, 7) is 5.39. The van der Waals surface area contributed by atoms with Crippen LogP contribution in [0.3, 0.4) is 0 Å². The van der Waals surface area contributed by atoms with Gasteiger partial charge in [-0.3, -0.25) is 25.0 Å².